The van der Waals surface area contributed by atoms with Crippen LogP contribution < -0.4 is 0 Å². The van der Waals surface area contributed by atoms with E-state index in [0.29, 0.717) is 19.1 Å². The summed E-state index contributed by atoms with van der Waals surface area (Å²) in [5, 5.41) is -0.749. The molecule has 18 heavy (non-hydrogen) atoms. The van der Waals surface area contributed by atoms with Crippen LogP contribution in [-0.2, 0) is 20.8 Å². The van der Waals surface area contributed by atoms with Gasteiger partial charge in [0.25, 0.3) is 0 Å². The molecular weight excluding hydrogens is 269 g/mol. The number of alkyl halides is 3. The topological polar surface area (TPSA) is 43.4 Å². The molecule has 100 valence electrons. The standard InChI is InChI=1S/C11H11F3O3S/c12-11(13,14)8-2-1-3-9(6-8)18(15,16)10-4-5-17-7-10/h1-3,6,10H,4-5,7H2. The van der Waals surface area contributed by atoms with Crippen molar-refractivity contribution in [3.63, 3.8) is 0 Å². The minimum absolute atomic E-state index is 0.0403. The lowest BCUT2D eigenvalue weighted by atomic mass is 10.2. The fourth-order valence-electron chi connectivity index (χ4n) is 1.80. The quantitative estimate of drug-likeness (QED) is 0.834. The van der Waals surface area contributed by atoms with Crippen LogP contribution in [0, 0.1) is 0 Å². The maximum atomic E-state index is 12.5. The van der Waals surface area contributed by atoms with Gasteiger partial charge in [-0.1, -0.05) is 6.07 Å². The molecule has 1 atom stereocenters. The van der Waals surface area contributed by atoms with Crippen molar-refractivity contribution in [3.05, 3.63) is 29.8 Å². The Kier molecular flexibility index (Phi) is 3.37. The van der Waals surface area contributed by atoms with Crippen molar-refractivity contribution in [2.24, 2.45) is 0 Å². The molecule has 1 unspecified atom stereocenters. The highest BCUT2D eigenvalue weighted by atomic mass is 32.2. The smallest absolute Gasteiger partial charge is 0.380 e. The van der Waals surface area contributed by atoms with Gasteiger partial charge in [-0.2, -0.15) is 13.2 Å². The van der Waals surface area contributed by atoms with E-state index in [-0.39, 0.29) is 11.5 Å². The monoisotopic (exact) mass is 280 g/mol. The molecule has 0 saturated carbocycles. The minimum atomic E-state index is -4.54. The van der Waals surface area contributed by atoms with E-state index in [2.05, 4.69) is 0 Å². The van der Waals surface area contributed by atoms with Crippen LogP contribution in [0.15, 0.2) is 29.2 Å². The third kappa shape index (κ3) is 2.51. The van der Waals surface area contributed by atoms with Crippen LogP contribution in [0.1, 0.15) is 12.0 Å². The van der Waals surface area contributed by atoms with Gasteiger partial charge in [-0.3, -0.25) is 0 Å². The zero-order valence-corrected chi connectivity index (χ0v) is 10.1. The number of rotatable bonds is 2. The molecular formula is C11H11F3O3S. The molecule has 0 N–H and O–H groups in total. The Labute approximate surface area is 102 Å². The molecule has 1 heterocycles. The molecule has 0 amide bonds. The number of halogens is 3. The average Bonchev–Trinajstić information content (AvgIpc) is 2.82. The van der Waals surface area contributed by atoms with Gasteiger partial charge in [-0.05, 0) is 24.6 Å². The Balaban J connectivity index is 2.39. The minimum Gasteiger partial charge on any atom is -0.380 e. The molecule has 1 aliphatic rings. The second-order valence-corrected chi connectivity index (χ2v) is 6.28. The first-order valence-corrected chi connectivity index (χ1v) is 6.85. The molecule has 1 aromatic carbocycles. The van der Waals surface area contributed by atoms with Gasteiger partial charge in [0, 0.05) is 6.61 Å². The summed E-state index contributed by atoms with van der Waals surface area (Å²) in [5.41, 5.74) is -0.956. The second kappa shape index (κ2) is 4.55. The van der Waals surface area contributed by atoms with Crippen molar-refractivity contribution in [1.82, 2.24) is 0 Å². The number of ether oxygens (including phenoxy) is 1. The number of sulfone groups is 1. The van der Waals surface area contributed by atoms with Crippen LogP contribution in [-0.4, -0.2) is 26.9 Å². The van der Waals surface area contributed by atoms with Gasteiger partial charge in [0.1, 0.15) is 0 Å². The molecule has 3 nitrogen and oxygen atoms in total. The predicted octanol–water partition coefficient (Wildman–Crippen LogP) is 2.27. The fourth-order valence-corrected chi connectivity index (χ4v) is 3.43. The van der Waals surface area contributed by atoms with Crippen LogP contribution in [0.3, 0.4) is 0 Å². The van der Waals surface area contributed by atoms with Gasteiger partial charge < -0.3 is 4.74 Å². The summed E-state index contributed by atoms with van der Waals surface area (Å²) in [6, 6.07) is 3.81. The summed E-state index contributed by atoms with van der Waals surface area (Å²) in [5.74, 6) is 0. The molecule has 1 aromatic rings. The SMILES string of the molecule is O=S(=O)(c1cccc(C(F)(F)F)c1)C1CCOC1. The molecule has 0 spiro atoms. The van der Waals surface area contributed by atoms with Crippen LogP contribution in [0.5, 0.6) is 0 Å². The third-order valence-corrected chi connectivity index (χ3v) is 4.98. The first-order valence-electron chi connectivity index (χ1n) is 5.31. The highest BCUT2D eigenvalue weighted by Gasteiger charge is 2.35. The van der Waals surface area contributed by atoms with Crippen LogP contribution in [0.25, 0.3) is 0 Å². The van der Waals surface area contributed by atoms with Crippen molar-refractivity contribution in [1.29, 1.82) is 0 Å². The molecule has 0 radical (unpaired) electrons. The van der Waals surface area contributed by atoms with Gasteiger partial charge in [0.15, 0.2) is 9.84 Å². The van der Waals surface area contributed by atoms with Crippen molar-refractivity contribution < 1.29 is 26.3 Å². The molecule has 1 fully saturated rings. The van der Waals surface area contributed by atoms with E-state index in [1.165, 1.54) is 6.07 Å². The summed E-state index contributed by atoms with van der Waals surface area (Å²) in [6.07, 6.45) is -4.23. The number of benzene rings is 1. The Morgan fingerprint density at radius 3 is 2.56 bits per heavy atom. The van der Waals surface area contributed by atoms with E-state index >= 15 is 0 Å². The third-order valence-electron chi connectivity index (χ3n) is 2.82. The Bertz CT molecular complexity index is 531. The van der Waals surface area contributed by atoms with Gasteiger partial charge in [-0.25, -0.2) is 8.42 Å². The van der Waals surface area contributed by atoms with Gasteiger partial charge >= 0.3 is 6.18 Å². The van der Waals surface area contributed by atoms with E-state index in [4.69, 9.17) is 4.74 Å². The number of hydrogen-bond donors (Lipinski definition) is 0. The Hall–Kier alpha value is -1.08. The predicted molar refractivity (Wildman–Crippen MR) is 57.9 cm³/mol. The first-order chi connectivity index (χ1) is 8.32. The van der Waals surface area contributed by atoms with E-state index in [0.717, 1.165) is 12.1 Å². The van der Waals surface area contributed by atoms with Crippen molar-refractivity contribution in [3.8, 4) is 0 Å². The second-order valence-electron chi connectivity index (χ2n) is 4.06. The largest absolute Gasteiger partial charge is 0.416 e. The summed E-state index contributed by atoms with van der Waals surface area (Å²) in [6.45, 7) is 0.363. The van der Waals surface area contributed by atoms with Crippen molar-refractivity contribution in [2.75, 3.05) is 13.2 Å². The molecule has 0 aliphatic carbocycles. The highest BCUT2D eigenvalue weighted by Crippen LogP contribution is 2.32. The van der Waals surface area contributed by atoms with Crippen LogP contribution in [0.2, 0.25) is 0 Å². The maximum Gasteiger partial charge on any atom is 0.416 e. The van der Waals surface area contributed by atoms with E-state index in [1.54, 1.807) is 0 Å². The lowest BCUT2D eigenvalue weighted by molar-refractivity contribution is -0.137. The summed E-state index contributed by atoms with van der Waals surface area (Å²) in [7, 11) is -3.75. The molecule has 0 bridgehead atoms. The van der Waals surface area contributed by atoms with E-state index in [9.17, 15) is 21.6 Å². The van der Waals surface area contributed by atoms with Gasteiger partial charge in [0.2, 0.25) is 0 Å². The Morgan fingerprint density at radius 2 is 2.00 bits per heavy atom. The molecule has 0 aromatic heterocycles. The summed E-state index contributed by atoms with van der Waals surface area (Å²) in [4.78, 5) is -0.298. The fraction of sp³-hybridized carbons (Fsp3) is 0.455. The van der Waals surface area contributed by atoms with Gasteiger partial charge in [0.05, 0.1) is 22.3 Å². The zero-order valence-electron chi connectivity index (χ0n) is 9.27. The van der Waals surface area contributed by atoms with Crippen molar-refractivity contribution >= 4 is 9.84 Å². The van der Waals surface area contributed by atoms with Crippen LogP contribution >= 0.6 is 0 Å². The zero-order chi connectivity index (χ0) is 13.4. The lowest BCUT2D eigenvalue weighted by Gasteiger charge is -2.12. The summed E-state index contributed by atoms with van der Waals surface area (Å²) < 4.78 is 66.6. The lowest BCUT2D eigenvalue weighted by Crippen LogP contribution is -2.22. The van der Waals surface area contributed by atoms with Crippen LogP contribution in [0.4, 0.5) is 13.2 Å². The Morgan fingerprint density at radius 1 is 1.28 bits per heavy atom. The first kappa shape index (κ1) is 13.4. The summed E-state index contributed by atoms with van der Waals surface area (Å²) >= 11 is 0. The average molecular weight is 280 g/mol. The highest BCUT2D eigenvalue weighted by molar-refractivity contribution is 7.92. The van der Waals surface area contributed by atoms with Gasteiger partial charge in [-0.15, -0.1) is 0 Å². The normalized spacial score (nSPS) is 21.2. The maximum absolute atomic E-state index is 12.5. The molecule has 7 heteroatoms. The molecule has 1 saturated heterocycles. The molecule has 1 aliphatic heterocycles. The van der Waals surface area contributed by atoms with Crippen molar-refractivity contribution in [2.45, 2.75) is 22.7 Å². The number of hydrogen-bond acceptors (Lipinski definition) is 3. The molecule has 2 rings (SSSR count). The van der Waals surface area contributed by atoms with E-state index < -0.39 is 26.8 Å². The van der Waals surface area contributed by atoms with E-state index in [1.807, 2.05) is 0 Å².